The first-order valence-electron chi connectivity index (χ1n) is 7.29. The van der Waals surface area contributed by atoms with E-state index < -0.39 is 5.60 Å². The number of hydrogen-bond donors (Lipinski definition) is 0. The average Bonchev–Trinajstić information content (AvgIpc) is 2.85. The van der Waals surface area contributed by atoms with Gasteiger partial charge < -0.3 is 9.47 Å². The van der Waals surface area contributed by atoms with Gasteiger partial charge in [0.2, 0.25) is 0 Å². The van der Waals surface area contributed by atoms with Gasteiger partial charge in [0.1, 0.15) is 5.60 Å². The van der Waals surface area contributed by atoms with Crippen molar-refractivity contribution in [3.8, 4) is 0 Å². The van der Waals surface area contributed by atoms with E-state index in [1.807, 2.05) is 13.8 Å². The maximum atomic E-state index is 12.6. The van der Waals surface area contributed by atoms with Gasteiger partial charge in [-0.15, -0.1) is 0 Å². The highest BCUT2D eigenvalue weighted by Gasteiger charge is 2.45. The van der Waals surface area contributed by atoms with Gasteiger partial charge in [0.15, 0.2) is 5.78 Å². The van der Waals surface area contributed by atoms with E-state index in [4.69, 9.17) is 9.47 Å². The fourth-order valence-electron chi connectivity index (χ4n) is 3.47. The fourth-order valence-corrected chi connectivity index (χ4v) is 3.47. The molecule has 18 heavy (non-hydrogen) atoms. The van der Waals surface area contributed by atoms with Crippen molar-refractivity contribution in [1.29, 1.82) is 0 Å². The molecule has 2 rings (SSSR count). The molecule has 0 aromatic carbocycles. The third kappa shape index (κ3) is 2.48. The van der Waals surface area contributed by atoms with Crippen molar-refractivity contribution < 1.29 is 14.3 Å². The molecule has 1 spiro atoms. The second-order valence-corrected chi connectivity index (χ2v) is 6.08. The quantitative estimate of drug-likeness (QED) is 0.773. The summed E-state index contributed by atoms with van der Waals surface area (Å²) >= 11 is 0. The van der Waals surface area contributed by atoms with E-state index in [0.29, 0.717) is 0 Å². The minimum Gasteiger partial charge on any atom is -0.375 e. The van der Waals surface area contributed by atoms with Crippen LogP contribution in [0.25, 0.3) is 0 Å². The van der Waals surface area contributed by atoms with E-state index in [9.17, 15) is 4.79 Å². The maximum Gasteiger partial charge on any atom is 0.167 e. The Hall–Kier alpha value is -0.410. The zero-order valence-corrected chi connectivity index (χ0v) is 12.0. The lowest BCUT2D eigenvalue weighted by molar-refractivity contribution is -0.155. The summed E-state index contributed by atoms with van der Waals surface area (Å²) in [6, 6.07) is 0. The lowest BCUT2D eigenvalue weighted by atomic mass is 9.77. The van der Waals surface area contributed by atoms with Crippen LogP contribution in [-0.4, -0.2) is 30.7 Å². The Morgan fingerprint density at radius 2 is 2.11 bits per heavy atom. The number of hydrogen-bond acceptors (Lipinski definition) is 3. The van der Waals surface area contributed by atoms with Crippen LogP contribution in [0.3, 0.4) is 0 Å². The summed E-state index contributed by atoms with van der Waals surface area (Å²) in [6.45, 7) is 4.68. The van der Waals surface area contributed by atoms with E-state index >= 15 is 0 Å². The predicted octanol–water partition coefficient (Wildman–Crippen LogP) is 3.11. The number of rotatable bonds is 4. The highest BCUT2D eigenvalue weighted by Crippen LogP contribution is 2.43. The standard InChI is InChI=1S/C15H26O3/c1-4-14(2,17-3)13(16)12-7-10-18-15(11-12)8-5-6-9-15/h12H,4-11H2,1-3H3. The highest BCUT2D eigenvalue weighted by molar-refractivity contribution is 5.89. The lowest BCUT2D eigenvalue weighted by Crippen LogP contribution is -2.47. The van der Waals surface area contributed by atoms with E-state index in [0.717, 1.165) is 38.7 Å². The van der Waals surface area contributed by atoms with Crippen LogP contribution in [0.1, 0.15) is 58.8 Å². The number of ether oxygens (including phenoxy) is 2. The molecular weight excluding hydrogens is 228 g/mol. The van der Waals surface area contributed by atoms with Crippen LogP contribution < -0.4 is 0 Å². The summed E-state index contributed by atoms with van der Waals surface area (Å²) in [4.78, 5) is 12.6. The number of carbonyl (C=O) groups is 1. The molecular formula is C15H26O3. The van der Waals surface area contributed by atoms with Gasteiger partial charge in [0, 0.05) is 19.6 Å². The Morgan fingerprint density at radius 1 is 1.44 bits per heavy atom. The molecule has 0 bridgehead atoms. The minimum atomic E-state index is -0.609. The Labute approximate surface area is 110 Å². The topological polar surface area (TPSA) is 35.5 Å². The molecule has 2 aliphatic rings. The highest BCUT2D eigenvalue weighted by atomic mass is 16.5. The smallest absolute Gasteiger partial charge is 0.167 e. The molecule has 1 aliphatic heterocycles. The molecule has 2 unspecified atom stereocenters. The Balaban J connectivity index is 2.06. The van der Waals surface area contributed by atoms with Gasteiger partial charge in [-0.1, -0.05) is 19.8 Å². The summed E-state index contributed by atoms with van der Waals surface area (Å²) in [7, 11) is 1.64. The number of ketones is 1. The monoisotopic (exact) mass is 254 g/mol. The minimum absolute atomic E-state index is 0.0149. The van der Waals surface area contributed by atoms with Crippen molar-refractivity contribution in [2.45, 2.75) is 70.0 Å². The van der Waals surface area contributed by atoms with E-state index in [1.54, 1.807) is 7.11 Å². The summed E-state index contributed by atoms with van der Waals surface area (Å²) in [6.07, 6.45) is 7.27. The molecule has 1 saturated carbocycles. The second-order valence-electron chi connectivity index (χ2n) is 6.08. The average molecular weight is 254 g/mol. The molecule has 0 aromatic heterocycles. The van der Waals surface area contributed by atoms with Crippen LogP contribution in [0.5, 0.6) is 0 Å². The predicted molar refractivity (Wildman–Crippen MR) is 70.6 cm³/mol. The molecule has 0 N–H and O–H groups in total. The molecule has 3 nitrogen and oxygen atoms in total. The van der Waals surface area contributed by atoms with Crippen molar-refractivity contribution in [2.24, 2.45) is 5.92 Å². The molecule has 3 heteroatoms. The molecule has 1 saturated heterocycles. The van der Waals surface area contributed by atoms with Crippen molar-refractivity contribution in [3.63, 3.8) is 0 Å². The first-order chi connectivity index (χ1) is 8.55. The second kappa shape index (κ2) is 5.30. The molecule has 0 amide bonds. The molecule has 0 aromatic rings. The number of Topliss-reactive ketones (excluding diaryl/α,β-unsaturated/α-hetero) is 1. The molecule has 0 radical (unpaired) electrons. The summed E-state index contributed by atoms with van der Waals surface area (Å²) in [5, 5.41) is 0. The van der Waals surface area contributed by atoms with Gasteiger partial charge in [-0.25, -0.2) is 0 Å². The maximum absolute atomic E-state index is 12.6. The summed E-state index contributed by atoms with van der Waals surface area (Å²) in [5.74, 6) is 0.406. The van der Waals surface area contributed by atoms with Crippen molar-refractivity contribution in [3.05, 3.63) is 0 Å². The van der Waals surface area contributed by atoms with Crippen molar-refractivity contribution in [1.82, 2.24) is 0 Å². The number of carbonyl (C=O) groups excluding carboxylic acids is 1. The van der Waals surface area contributed by atoms with Gasteiger partial charge in [-0.3, -0.25) is 4.79 Å². The molecule has 2 atom stereocenters. The van der Waals surface area contributed by atoms with Gasteiger partial charge in [-0.05, 0) is 39.0 Å². The van der Waals surface area contributed by atoms with Crippen LogP contribution in [0, 0.1) is 5.92 Å². The molecule has 1 aliphatic carbocycles. The van der Waals surface area contributed by atoms with Crippen LogP contribution in [0.2, 0.25) is 0 Å². The van der Waals surface area contributed by atoms with Crippen molar-refractivity contribution >= 4 is 5.78 Å². The van der Waals surface area contributed by atoms with Gasteiger partial charge in [0.05, 0.1) is 5.60 Å². The van der Waals surface area contributed by atoms with Crippen molar-refractivity contribution in [2.75, 3.05) is 13.7 Å². The molecule has 104 valence electrons. The van der Waals surface area contributed by atoms with Gasteiger partial charge >= 0.3 is 0 Å². The van der Waals surface area contributed by atoms with E-state index in [-0.39, 0.29) is 17.3 Å². The third-order valence-corrected chi connectivity index (χ3v) is 5.02. The first-order valence-corrected chi connectivity index (χ1v) is 7.29. The van der Waals surface area contributed by atoms with Crippen LogP contribution >= 0.6 is 0 Å². The Bertz CT molecular complexity index is 301. The molecule has 2 fully saturated rings. The van der Waals surface area contributed by atoms with Gasteiger partial charge in [0.25, 0.3) is 0 Å². The largest absolute Gasteiger partial charge is 0.375 e. The third-order valence-electron chi connectivity index (χ3n) is 5.02. The van der Waals surface area contributed by atoms with Crippen LogP contribution in [0.4, 0.5) is 0 Å². The fraction of sp³-hybridized carbons (Fsp3) is 0.933. The zero-order valence-electron chi connectivity index (χ0n) is 12.0. The van der Waals surface area contributed by atoms with E-state index in [2.05, 4.69) is 0 Å². The Morgan fingerprint density at radius 3 is 2.67 bits per heavy atom. The summed E-state index contributed by atoms with van der Waals surface area (Å²) < 4.78 is 11.5. The number of methoxy groups -OCH3 is 1. The normalized spacial score (nSPS) is 30.3. The van der Waals surface area contributed by atoms with Crippen LogP contribution in [0.15, 0.2) is 0 Å². The van der Waals surface area contributed by atoms with Gasteiger partial charge in [-0.2, -0.15) is 0 Å². The van der Waals surface area contributed by atoms with Crippen LogP contribution in [-0.2, 0) is 14.3 Å². The SMILES string of the molecule is CCC(C)(OC)C(=O)C1CCOC2(CCCC2)C1. The Kier molecular flexibility index (Phi) is 4.12. The molecule has 1 heterocycles. The first kappa shape index (κ1) is 14.0. The zero-order chi connectivity index (χ0) is 13.2. The lowest BCUT2D eigenvalue weighted by Gasteiger charge is -2.40. The summed E-state index contributed by atoms with van der Waals surface area (Å²) in [5.41, 5.74) is -0.594. The van der Waals surface area contributed by atoms with E-state index in [1.165, 1.54) is 12.8 Å².